The molecular weight excluding hydrogens is 336 g/mol. The van der Waals surface area contributed by atoms with Crippen LogP contribution in [0.15, 0.2) is 22.8 Å². The van der Waals surface area contributed by atoms with Gasteiger partial charge in [-0.25, -0.2) is 0 Å². The van der Waals surface area contributed by atoms with Crippen molar-refractivity contribution in [2.45, 2.75) is 73.6 Å². The van der Waals surface area contributed by atoms with Gasteiger partial charge in [0.05, 0.1) is 5.92 Å². The summed E-state index contributed by atoms with van der Waals surface area (Å²) < 4.78 is 0. The molecule has 1 heterocycles. The van der Waals surface area contributed by atoms with Crippen LogP contribution in [0.5, 0.6) is 0 Å². The first-order chi connectivity index (χ1) is 12.9. The van der Waals surface area contributed by atoms with Gasteiger partial charge in [-0.1, -0.05) is 50.8 Å². The SMILES string of the molecule is CC=O.CCCC(CCC)CN1CC(/C=C(\C)C(C)C(=O)NC)=C(CC)C1. The average Bonchev–Trinajstić information content (AvgIpc) is 3.02. The van der Waals surface area contributed by atoms with Gasteiger partial charge in [-0.15, -0.1) is 0 Å². The number of hydrogen-bond donors (Lipinski definition) is 1. The molecule has 1 unspecified atom stereocenters. The molecule has 0 saturated carbocycles. The van der Waals surface area contributed by atoms with Crippen molar-refractivity contribution in [3.05, 3.63) is 22.8 Å². The summed E-state index contributed by atoms with van der Waals surface area (Å²) in [6.07, 6.45) is 9.36. The molecule has 0 bridgehead atoms. The maximum absolute atomic E-state index is 11.9. The summed E-state index contributed by atoms with van der Waals surface area (Å²) in [5.41, 5.74) is 4.15. The Morgan fingerprint density at radius 3 is 2.19 bits per heavy atom. The van der Waals surface area contributed by atoms with Crippen LogP contribution in [-0.2, 0) is 9.59 Å². The Kier molecular flexibility index (Phi) is 13.8. The van der Waals surface area contributed by atoms with Gasteiger partial charge in [0, 0.05) is 26.7 Å². The van der Waals surface area contributed by atoms with E-state index in [0.717, 1.165) is 37.3 Å². The highest BCUT2D eigenvalue weighted by atomic mass is 16.1. The van der Waals surface area contributed by atoms with Crippen LogP contribution in [0.1, 0.15) is 73.6 Å². The van der Waals surface area contributed by atoms with Gasteiger partial charge in [0.1, 0.15) is 6.29 Å². The predicted octanol–water partition coefficient (Wildman–Crippen LogP) is 4.76. The molecule has 156 valence electrons. The van der Waals surface area contributed by atoms with E-state index < -0.39 is 0 Å². The molecule has 0 radical (unpaired) electrons. The van der Waals surface area contributed by atoms with Gasteiger partial charge in [-0.3, -0.25) is 9.69 Å². The summed E-state index contributed by atoms with van der Waals surface area (Å²) in [4.78, 5) is 23.3. The molecule has 0 aromatic rings. The molecule has 1 rings (SSSR count). The van der Waals surface area contributed by atoms with Gasteiger partial charge in [0.2, 0.25) is 5.91 Å². The Balaban J connectivity index is 0.00000210. The van der Waals surface area contributed by atoms with E-state index in [1.54, 1.807) is 12.6 Å². The van der Waals surface area contributed by atoms with Crippen LogP contribution in [0, 0.1) is 11.8 Å². The lowest BCUT2D eigenvalue weighted by Gasteiger charge is -2.23. The van der Waals surface area contributed by atoms with E-state index in [4.69, 9.17) is 4.79 Å². The molecule has 4 nitrogen and oxygen atoms in total. The largest absolute Gasteiger partial charge is 0.359 e. The highest BCUT2D eigenvalue weighted by Crippen LogP contribution is 2.26. The quantitative estimate of drug-likeness (QED) is 0.558. The zero-order valence-corrected chi connectivity index (χ0v) is 18.7. The molecule has 0 spiro atoms. The number of amides is 1. The molecule has 0 aromatic heterocycles. The average molecular weight is 379 g/mol. The summed E-state index contributed by atoms with van der Waals surface area (Å²) in [6.45, 7) is 15.7. The van der Waals surface area contributed by atoms with Gasteiger partial charge >= 0.3 is 0 Å². The van der Waals surface area contributed by atoms with Crippen molar-refractivity contribution >= 4 is 12.2 Å². The normalized spacial score (nSPS) is 16.2. The summed E-state index contributed by atoms with van der Waals surface area (Å²) >= 11 is 0. The van der Waals surface area contributed by atoms with Gasteiger partial charge in [-0.05, 0) is 51.5 Å². The second kappa shape index (κ2) is 14.6. The fourth-order valence-electron chi connectivity index (χ4n) is 3.73. The third kappa shape index (κ3) is 9.37. The van der Waals surface area contributed by atoms with Crippen molar-refractivity contribution in [1.82, 2.24) is 10.2 Å². The first-order valence-electron chi connectivity index (χ1n) is 10.6. The molecule has 0 saturated heterocycles. The van der Waals surface area contributed by atoms with E-state index in [9.17, 15) is 4.79 Å². The zero-order valence-electron chi connectivity index (χ0n) is 18.7. The standard InChI is InChI=1S/C21H38N2O.C2H4O/c1-7-10-18(11-8-2)13-23-14-19(9-3)20(15-23)12-16(4)17(5)21(24)22-6;1-2-3/h12,17-18H,7-11,13-15H2,1-6H3,(H,22,24);2H,1H3/b16-12+;. The second-order valence-corrected chi connectivity index (χ2v) is 7.56. The maximum Gasteiger partial charge on any atom is 0.226 e. The molecule has 1 amide bonds. The van der Waals surface area contributed by atoms with E-state index in [0.29, 0.717) is 0 Å². The highest BCUT2D eigenvalue weighted by molar-refractivity contribution is 5.80. The van der Waals surface area contributed by atoms with E-state index in [1.807, 2.05) is 6.92 Å². The first kappa shape index (κ1) is 25.6. The number of nitrogens with zero attached hydrogens (tertiary/aromatic N) is 1. The number of aldehydes is 1. The molecule has 1 N–H and O–H groups in total. The molecule has 0 fully saturated rings. The van der Waals surface area contributed by atoms with Crippen molar-refractivity contribution in [3.8, 4) is 0 Å². The fourth-order valence-corrected chi connectivity index (χ4v) is 3.73. The third-order valence-electron chi connectivity index (χ3n) is 5.32. The Morgan fingerprint density at radius 2 is 1.74 bits per heavy atom. The van der Waals surface area contributed by atoms with E-state index in [2.05, 4.69) is 44.0 Å². The van der Waals surface area contributed by atoms with E-state index in [1.165, 1.54) is 44.7 Å². The Morgan fingerprint density at radius 1 is 1.19 bits per heavy atom. The topological polar surface area (TPSA) is 49.4 Å². The van der Waals surface area contributed by atoms with Crippen LogP contribution in [0.4, 0.5) is 0 Å². The third-order valence-corrected chi connectivity index (χ3v) is 5.32. The Bertz CT molecular complexity index is 503. The first-order valence-corrected chi connectivity index (χ1v) is 10.6. The number of rotatable bonds is 10. The maximum atomic E-state index is 11.9. The lowest BCUT2D eigenvalue weighted by Crippen LogP contribution is -2.28. The number of hydrogen-bond acceptors (Lipinski definition) is 3. The summed E-state index contributed by atoms with van der Waals surface area (Å²) in [5, 5.41) is 2.75. The van der Waals surface area contributed by atoms with Crippen LogP contribution in [0.2, 0.25) is 0 Å². The van der Waals surface area contributed by atoms with Gasteiger partial charge in [-0.2, -0.15) is 0 Å². The van der Waals surface area contributed by atoms with E-state index >= 15 is 0 Å². The van der Waals surface area contributed by atoms with Crippen molar-refractivity contribution < 1.29 is 9.59 Å². The van der Waals surface area contributed by atoms with Crippen LogP contribution in [-0.4, -0.2) is 43.8 Å². The molecule has 0 aliphatic carbocycles. The highest BCUT2D eigenvalue weighted by Gasteiger charge is 2.23. The minimum Gasteiger partial charge on any atom is -0.359 e. The fraction of sp³-hybridized carbons (Fsp3) is 0.739. The minimum absolute atomic E-state index is 0.0532. The summed E-state index contributed by atoms with van der Waals surface area (Å²) in [6, 6.07) is 0. The van der Waals surface area contributed by atoms with Crippen LogP contribution in [0.25, 0.3) is 0 Å². The number of carbonyl (C=O) groups is 2. The predicted molar refractivity (Wildman–Crippen MR) is 116 cm³/mol. The smallest absolute Gasteiger partial charge is 0.226 e. The molecule has 0 aromatic carbocycles. The molecule has 27 heavy (non-hydrogen) atoms. The van der Waals surface area contributed by atoms with Crippen molar-refractivity contribution in [1.29, 1.82) is 0 Å². The van der Waals surface area contributed by atoms with Gasteiger partial charge in [0.15, 0.2) is 0 Å². The van der Waals surface area contributed by atoms with Gasteiger partial charge < -0.3 is 10.1 Å². The molecule has 4 heteroatoms. The summed E-state index contributed by atoms with van der Waals surface area (Å²) in [7, 11) is 1.71. The molecule has 1 aliphatic rings. The monoisotopic (exact) mass is 378 g/mol. The Hall–Kier alpha value is -1.42. The lowest BCUT2D eigenvalue weighted by molar-refractivity contribution is -0.122. The Labute approximate surface area is 167 Å². The number of carbonyl (C=O) groups excluding carboxylic acids is 2. The van der Waals surface area contributed by atoms with Crippen LogP contribution in [0.3, 0.4) is 0 Å². The summed E-state index contributed by atoms with van der Waals surface area (Å²) in [5.74, 6) is 0.873. The van der Waals surface area contributed by atoms with Crippen molar-refractivity contribution in [2.24, 2.45) is 11.8 Å². The molecular formula is C23H42N2O2. The molecule has 1 aliphatic heterocycles. The number of nitrogens with one attached hydrogen (secondary N) is 1. The van der Waals surface area contributed by atoms with Crippen molar-refractivity contribution in [2.75, 3.05) is 26.7 Å². The second-order valence-electron chi connectivity index (χ2n) is 7.56. The van der Waals surface area contributed by atoms with Crippen LogP contribution >= 0.6 is 0 Å². The van der Waals surface area contributed by atoms with Crippen molar-refractivity contribution in [3.63, 3.8) is 0 Å². The lowest BCUT2D eigenvalue weighted by atomic mass is 9.97. The van der Waals surface area contributed by atoms with Crippen LogP contribution < -0.4 is 5.32 Å². The zero-order chi connectivity index (χ0) is 20.8. The van der Waals surface area contributed by atoms with E-state index in [-0.39, 0.29) is 11.8 Å². The minimum atomic E-state index is -0.0532. The molecule has 1 atom stereocenters. The van der Waals surface area contributed by atoms with Gasteiger partial charge in [0.25, 0.3) is 0 Å².